The number of rotatable bonds is 4. The molecule has 0 bridgehead atoms. The quantitative estimate of drug-likeness (QED) is 0.910. The summed E-state index contributed by atoms with van der Waals surface area (Å²) in [6, 6.07) is 7.42. The monoisotopic (exact) mass is 299 g/mol. The molecule has 0 fully saturated rings. The van der Waals surface area contributed by atoms with E-state index in [1.807, 2.05) is 0 Å². The van der Waals surface area contributed by atoms with Gasteiger partial charge in [-0.2, -0.15) is 13.2 Å². The average Bonchev–Trinajstić information content (AvgIpc) is 2.44. The van der Waals surface area contributed by atoms with E-state index in [0.29, 0.717) is 11.8 Å². The number of aromatic amines is 1. The number of benzene rings is 1. The third-order valence-electron chi connectivity index (χ3n) is 2.67. The second kappa shape index (κ2) is 5.86. The fourth-order valence-corrected chi connectivity index (χ4v) is 1.71. The van der Waals surface area contributed by atoms with Crippen molar-refractivity contribution in [1.82, 2.24) is 9.97 Å². The highest BCUT2D eigenvalue weighted by molar-refractivity contribution is 5.37. The van der Waals surface area contributed by atoms with E-state index >= 15 is 0 Å². The number of ether oxygens (including phenoxy) is 1. The number of para-hydroxylation sites is 1. The van der Waals surface area contributed by atoms with E-state index in [-0.39, 0.29) is 12.5 Å². The predicted octanol–water partition coefficient (Wildman–Crippen LogP) is 2.41. The van der Waals surface area contributed by atoms with Crippen molar-refractivity contribution in [2.24, 2.45) is 0 Å². The Balaban J connectivity index is 2.21. The van der Waals surface area contributed by atoms with E-state index in [9.17, 15) is 18.0 Å². The SMILES string of the molecule is COc1ccccc1CNc1nc(C(F)(F)F)cc(=O)[nH]1. The van der Waals surface area contributed by atoms with Crippen molar-refractivity contribution in [3.05, 3.63) is 51.9 Å². The zero-order valence-electron chi connectivity index (χ0n) is 11.0. The summed E-state index contributed by atoms with van der Waals surface area (Å²) in [6.45, 7) is 0.161. The third-order valence-corrected chi connectivity index (χ3v) is 2.67. The van der Waals surface area contributed by atoms with E-state index in [4.69, 9.17) is 4.74 Å². The molecule has 0 radical (unpaired) electrons. The maximum atomic E-state index is 12.6. The Morgan fingerprint density at radius 3 is 2.71 bits per heavy atom. The number of nitrogens with one attached hydrogen (secondary N) is 2. The van der Waals surface area contributed by atoms with Crippen molar-refractivity contribution in [2.75, 3.05) is 12.4 Å². The predicted molar refractivity (Wildman–Crippen MR) is 70.2 cm³/mol. The normalized spacial score (nSPS) is 11.2. The molecule has 21 heavy (non-hydrogen) atoms. The molecule has 1 heterocycles. The first-order valence-electron chi connectivity index (χ1n) is 5.94. The molecule has 2 N–H and O–H groups in total. The van der Waals surface area contributed by atoms with Crippen LogP contribution in [0.1, 0.15) is 11.3 Å². The van der Waals surface area contributed by atoms with Crippen LogP contribution in [0.4, 0.5) is 19.1 Å². The van der Waals surface area contributed by atoms with Crippen LogP contribution in [0, 0.1) is 0 Å². The van der Waals surface area contributed by atoms with Crippen LogP contribution in [-0.4, -0.2) is 17.1 Å². The number of anilines is 1. The Morgan fingerprint density at radius 2 is 2.05 bits per heavy atom. The Kier molecular flexibility index (Phi) is 4.15. The van der Waals surface area contributed by atoms with Gasteiger partial charge in [-0.1, -0.05) is 18.2 Å². The maximum absolute atomic E-state index is 12.6. The fourth-order valence-electron chi connectivity index (χ4n) is 1.71. The molecule has 0 unspecified atom stereocenters. The topological polar surface area (TPSA) is 67.0 Å². The second-order valence-electron chi connectivity index (χ2n) is 4.14. The second-order valence-corrected chi connectivity index (χ2v) is 4.14. The Morgan fingerprint density at radius 1 is 1.33 bits per heavy atom. The van der Waals surface area contributed by atoms with Gasteiger partial charge in [0.15, 0.2) is 5.69 Å². The molecular formula is C13H12F3N3O2. The van der Waals surface area contributed by atoms with Crippen LogP contribution >= 0.6 is 0 Å². The van der Waals surface area contributed by atoms with Crippen molar-refractivity contribution in [3.63, 3.8) is 0 Å². The van der Waals surface area contributed by atoms with Gasteiger partial charge in [0.05, 0.1) is 7.11 Å². The number of halogens is 3. The minimum atomic E-state index is -4.67. The van der Waals surface area contributed by atoms with Crippen molar-refractivity contribution in [2.45, 2.75) is 12.7 Å². The molecule has 0 atom stereocenters. The molecule has 2 rings (SSSR count). The third kappa shape index (κ3) is 3.74. The van der Waals surface area contributed by atoms with E-state index in [0.717, 1.165) is 5.56 Å². The highest BCUT2D eigenvalue weighted by atomic mass is 19.4. The van der Waals surface area contributed by atoms with Gasteiger partial charge in [-0.15, -0.1) is 0 Å². The lowest BCUT2D eigenvalue weighted by atomic mass is 10.2. The van der Waals surface area contributed by atoms with Gasteiger partial charge in [0.2, 0.25) is 5.95 Å². The summed E-state index contributed by atoms with van der Waals surface area (Å²) in [5, 5.41) is 2.64. The summed E-state index contributed by atoms with van der Waals surface area (Å²) in [6.07, 6.45) is -4.67. The zero-order valence-corrected chi connectivity index (χ0v) is 11.0. The maximum Gasteiger partial charge on any atom is 0.433 e. The molecule has 0 saturated heterocycles. The van der Waals surface area contributed by atoms with Gasteiger partial charge in [0, 0.05) is 18.2 Å². The molecule has 2 aromatic rings. The largest absolute Gasteiger partial charge is 0.496 e. The fraction of sp³-hybridized carbons (Fsp3) is 0.231. The highest BCUT2D eigenvalue weighted by Crippen LogP contribution is 2.27. The summed E-state index contributed by atoms with van der Waals surface area (Å²) in [5.41, 5.74) is -1.39. The number of hydrogen-bond acceptors (Lipinski definition) is 4. The summed E-state index contributed by atoms with van der Waals surface area (Å²) in [7, 11) is 1.49. The minimum absolute atomic E-state index is 0.161. The van der Waals surface area contributed by atoms with Crippen LogP contribution in [0.5, 0.6) is 5.75 Å². The average molecular weight is 299 g/mol. The Bertz CT molecular complexity index is 683. The highest BCUT2D eigenvalue weighted by Gasteiger charge is 2.33. The minimum Gasteiger partial charge on any atom is -0.496 e. The molecule has 0 amide bonds. The Labute approximate surface area is 117 Å². The van der Waals surface area contributed by atoms with Crippen LogP contribution in [0.15, 0.2) is 35.1 Å². The lowest BCUT2D eigenvalue weighted by molar-refractivity contribution is -0.141. The van der Waals surface area contributed by atoms with Gasteiger partial charge in [-0.3, -0.25) is 9.78 Å². The van der Waals surface area contributed by atoms with Gasteiger partial charge in [0.25, 0.3) is 5.56 Å². The first-order valence-corrected chi connectivity index (χ1v) is 5.94. The Hall–Kier alpha value is -2.51. The van der Waals surface area contributed by atoms with Crippen molar-refractivity contribution in [3.8, 4) is 5.75 Å². The molecule has 1 aromatic carbocycles. The summed E-state index contributed by atoms with van der Waals surface area (Å²) >= 11 is 0. The van der Waals surface area contributed by atoms with Gasteiger partial charge >= 0.3 is 6.18 Å². The number of aromatic nitrogens is 2. The lowest BCUT2D eigenvalue weighted by Crippen LogP contribution is -2.18. The molecule has 0 aliphatic rings. The van der Waals surface area contributed by atoms with Crippen molar-refractivity contribution < 1.29 is 17.9 Å². The summed E-state index contributed by atoms with van der Waals surface area (Å²) in [4.78, 5) is 16.8. The molecule has 112 valence electrons. The number of nitrogens with zero attached hydrogens (tertiary/aromatic N) is 1. The number of alkyl halides is 3. The van der Waals surface area contributed by atoms with Gasteiger partial charge in [0.1, 0.15) is 5.75 Å². The zero-order chi connectivity index (χ0) is 15.5. The molecule has 8 heteroatoms. The van der Waals surface area contributed by atoms with Gasteiger partial charge < -0.3 is 10.1 Å². The van der Waals surface area contributed by atoms with Crippen LogP contribution < -0.4 is 15.6 Å². The molecule has 0 aliphatic carbocycles. The van der Waals surface area contributed by atoms with Gasteiger partial charge in [-0.05, 0) is 6.07 Å². The van der Waals surface area contributed by atoms with E-state index in [2.05, 4.69) is 15.3 Å². The standard InChI is InChI=1S/C13H12F3N3O2/c1-21-9-5-3-2-4-8(9)7-17-12-18-10(13(14,15)16)6-11(20)19-12/h2-6H,7H2,1H3,(H2,17,18,19,20). The van der Waals surface area contributed by atoms with Gasteiger partial charge in [-0.25, -0.2) is 4.98 Å². The number of hydrogen-bond donors (Lipinski definition) is 2. The van der Waals surface area contributed by atoms with Crippen LogP contribution in [0.25, 0.3) is 0 Å². The molecular weight excluding hydrogens is 287 g/mol. The van der Waals surface area contributed by atoms with Crippen molar-refractivity contribution in [1.29, 1.82) is 0 Å². The number of H-pyrrole nitrogens is 1. The van der Waals surface area contributed by atoms with Crippen molar-refractivity contribution >= 4 is 5.95 Å². The molecule has 5 nitrogen and oxygen atoms in total. The summed E-state index contributed by atoms with van der Waals surface area (Å²) in [5.74, 6) is 0.333. The smallest absolute Gasteiger partial charge is 0.433 e. The molecule has 0 spiro atoms. The first kappa shape index (κ1) is 14.9. The lowest BCUT2D eigenvalue weighted by Gasteiger charge is -2.11. The van der Waals surface area contributed by atoms with E-state index in [1.165, 1.54) is 7.11 Å². The first-order chi connectivity index (χ1) is 9.90. The molecule has 0 aliphatic heterocycles. The molecule has 0 saturated carbocycles. The number of methoxy groups -OCH3 is 1. The van der Waals surface area contributed by atoms with Crippen LogP contribution in [0.2, 0.25) is 0 Å². The van der Waals surface area contributed by atoms with Crippen LogP contribution in [0.3, 0.4) is 0 Å². The van der Waals surface area contributed by atoms with Crippen LogP contribution in [-0.2, 0) is 12.7 Å². The van der Waals surface area contributed by atoms with E-state index in [1.54, 1.807) is 24.3 Å². The molecule has 1 aromatic heterocycles. The summed E-state index contributed by atoms with van der Waals surface area (Å²) < 4.78 is 42.8. The van der Waals surface area contributed by atoms with E-state index < -0.39 is 17.4 Å².